The number of aryl methyl sites for hydroxylation is 1. The first-order valence-corrected chi connectivity index (χ1v) is 5.72. The second-order valence-electron chi connectivity index (χ2n) is 3.73. The lowest BCUT2D eigenvalue weighted by atomic mass is 10.2. The van der Waals surface area contributed by atoms with E-state index in [9.17, 15) is 0 Å². The third-order valence-electron chi connectivity index (χ3n) is 2.41. The van der Waals surface area contributed by atoms with Gasteiger partial charge < -0.3 is 9.84 Å². The summed E-state index contributed by atoms with van der Waals surface area (Å²) in [5.74, 6) is 1.34. The number of anilines is 1. The standard InChI is InChI=1S/C12H13N5O/c1-2-11-16-10(6-13)5-12(17-11)14-4-3-9-7-15-18-8-9/h5,7-8H,2-4H2,1H3,(H,14,16,17). The lowest BCUT2D eigenvalue weighted by molar-refractivity contribution is 0.419. The molecule has 0 bridgehead atoms. The largest absolute Gasteiger partial charge is 0.370 e. The number of hydrogen-bond acceptors (Lipinski definition) is 6. The molecule has 0 saturated heterocycles. The van der Waals surface area contributed by atoms with Crippen molar-refractivity contribution in [2.45, 2.75) is 19.8 Å². The van der Waals surface area contributed by atoms with E-state index in [4.69, 9.17) is 9.78 Å². The van der Waals surface area contributed by atoms with E-state index in [0.717, 1.165) is 12.0 Å². The van der Waals surface area contributed by atoms with Gasteiger partial charge in [0.15, 0.2) is 0 Å². The van der Waals surface area contributed by atoms with Crippen LogP contribution in [0.25, 0.3) is 0 Å². The zero-order valence-corrected chi connectivity index (χ0v) is 10.1. The van der Waals surface area contributed by atoms with E-state index in [1.54, 1.807) is 18.5 Å². The molecule has 6 nitrogen and oxygen atoms in total. The van der Waals surface area contributed by atoms with Gasteiger partial charge in [0.25, 0.3) is 0 Å². The fourth-order valence-corrected chi connectivity index (χ4v) is 1.49. The van der Waals surface area contributed by atoms with Gasteiger partial charge in [-0.25, -0.2) is 9.97 Å². The fraction of sp³-hybridized carbons (Fsp3) is 0.333. The number of aromatic nitrogens is 3. The van der Waals surface area contributed by atoms with Crippen molar-refractivity contribution in [2.24, 2.45) is 0 Å². The van der Waals surface area contributed by atoms with Crippen molar-refractivity contribution < 1.29 is 4.52 Å². The summed E-state index contributed by atoms with van der Waals surface area (Å²) >= 11 is 0. The number of nitriles is 1. The average Bonchev–Trinajstić information content (AvgIpc) is 2.91. The molecule has 0 aliphatic carbocycles. The summed E-state index contributed by atoms with van der Waals surface area (Å²) < 4.78 is 4.74. The van der Waals surface area contributed by atoms with E-state index in [1.165, 1.54) is 0 Å². The normalized spacial score (nSPS) is 10.0. The highest BCUT2D eigenvalue weighted by Crippen LogP contribution is 2.07. The summed E-state index contributed by atoms with van der Waals surface area (Å²) in [5, 5.41) is 15.7. The molecule has 0 amide bonds. The van der Waals surface area contributed by atoms with Crippen molar-refractivity contribution >= 4 is 5.82 Å². The van der Waals surface area contributed by atoms with Crippen LogP contribution in [0, 0.1) is 11.3 Å². The Morgan fingerprint density at radius 3 is 3.00 bits per heavy atom. The Hall–Kier alpha value is -2.42. The number of nitrogens with zero attached hydrogens (tertiary/aromatic N) is 4. The van der Waals surface area contributed by atoms with Crippen LogP contribution in [0.3, 0.4) is 0 Å². The molecule has 2 rings (SSSR count). The first kappa shape index (κ1) is 12.0. The Kier molecular flexibility index (Phi) is 3.86. The van der Waals surface area contributed by atoms with Gasteiger partial charge in [-0.05, 0) is 6.42 Å². The maximum absolute atomic E-state index is 8.87. The number of rotatable bonds is 5. The molecule has 0 fully saturated rings. The molecule has 0 spiro atoms. The van der Waals surface area contributed by atoms with Crippen molar-refractivity contribution in [1.82, 2.24) is 15.1 Å². The molecule has 2 aromatic rings. The second kappa shape index (κ2) is 5.77. The van der Waals surface area contributed by atoms with Gasteiger partial charge in [0.05, 0.1) is 6.20 Å². The molecule has 0 saturated carbocycles. The zero-order chi connectivity index (χ0) is 12.8. The van der Waals surface area contributed by atoms with Gasteiger partial charge in [0.1, 0.15) is 29.7 Å². The molecule has 0 radical (unpaired) electrons. The minimum atomic E-state index is 0.384. The summed E-state index contributed by atoms with van der Waals surface area (Å²) in [6.45, 7) is 2.66. The van der Waals surface area contributed by atoms with Crippen LogP contribution in [-0.2, 0) is 12.8 Å². The third kappa shape index (κ3) is 3.04. The van der Waals surface area contributed by atoms with Crippen molar-refractivity contribution in [1.29, 1.82) is 5.26 Å². The molecular weight excluding hydrogens is 230 g/mol. The van der Waals surface area contributed by atoms with Gasteiger partial charge in [-0.2, -0.15) is 5.26 Å². The van der Waals surface area contributed by atoms with Crippen molar-refractivity contribution in [2.75, 3.05) is 11.9 Å². The fourth-order valence-electron chi connectivity index (χ4n) is 1.49. The Labute approximate surface area is 105 Å². The Morgan fingerprint density at radius 1 is 1.44 bits per heavy atom. The van der Waals surface area contributed by atoms with Gasteiger partial charge >= 0.3 is 0 Å². The first-order chi connectivity index (χ1) is 8.81. The quantitative estimate of drug-likeness (QED) is 0.857. The van der Waals surface area contributed by atoms with Crippen molar-refractivity contribution in [3.8, 4) is 6.07 Å². The highest BCUT2D eigenvalue weighted by molar-refractivity contribution is 5.40. The van der Waals surface area contributed by atoms with Crippen molar-refractivity contribution in [3.05, 3.63) is 35.6 Å². The highest BCUT2D eigenvalue weighted by atomic mass is 16.5. The second-order valence-corrected chi connectivity index (χ2v) is 3.73. The molecule has 0 aliphatic rings. The van der Waals surface area contributed by atoms with E-state index in [1.807, 2.05) is 13.0 Å². The van der Waals surface area contributed by atoms with E-state index in [-0.39, 0.29) is 0 Å². The Bertz CT molecular complexity index is 544. The van der Waals surface area contributed by atoms with Gasteiger partial charge in [-0.15, -0.1) is 0 Å². The lowest BCUT2D eigenvalue weighted by Crippen LogP contribution is -2.08. The molecule has 6 heteroatoms. The lowest BCUT2D eigenvalue weighted by Gasteiger charge is -2.06. The van der Waals surface area contributed by atoms with Gasteiger partial charge in [0.2, 0.25) is 0 Å². The molecule has 0 unspecified atom stereocenters. The topological polar surface area (TPSA) is 87.6 Å². The molecule has 0 atom stereocenters. The molecule has 0 aromatic carbocycles. The van der Waals surface area contributed by atoms with Crippen LogP contribution < -0.4 is 5.32 Å². The Balaban J connectivity index is 1.98. The average molecular weight is 243 g/mol. The molecular formula is C12H13N5O. The SMILES string of the molecule is CCc1nc(C#N)cc(NCCc2cnoc2)n1. The van der Waals surface area contributed by atoms with E-state index in [2.05, 4.69) is 20.4 Å². The van der Waals surface area contributed by atoms with E-state index in [0.29, 0.717) is 30.3 Å². The Morgan fingerprint density at radius 2 is 2.33 bits per heavy atom. The van der Waals surface area contributed by atoms with Crippen LogP contribution in [-0.4, -0.2) is 21.7 Å². The molecule has 1 N–H and O–H groups in total. The predicted molar refractivity (Wildman–Crippen MR) is 64.8 cm³/mol. The number of nitrogens with one attached hydrogen (secondary N) is 1. The monoisotopic (exact) mass is 243 g/mol. The zero-order valence-electron chi connectivity index (χ0n) is 10.1. The van der Waals surface area contributed by atoms with Crippen LogP contribution in [0.1, 0.15) is 24.0 Å². The summed E-state index contributed by atoms with van der Waals surface area (Å²) in [4.78, 5) is 8.40. The van der Waals surface area contributed by atoms with Gasteiger partial charge in [0, 0.05) is 24.6 Å². The summed E-state index contributed by atoms with van der Waals surface area (Å²) in [6.07, 6.45) is 4.78. The van der Waals surface area contributed by atoms with Crippen LogP contribution in [0.5, 0.6) is 0 Å². The first-order valence-electron chi connectivity index (χ1n) is 5.72. The smallest absolute Gasteiger partial charge is 0.146 e. The summed E-state index contributed by atoms with van der Waals surface area (Å²) in [5.41, 5.74) is 1.40. The van der Waals surface area contributed by atoms with Gasteiger partial charge in [-0.3, -0.25) is 0 Å². The maximum atomic E-state index is 8.87. The van der Waals surface area contributed by atoms with Crippen LogP contribution in [0.4, 0.5) is 5.82 Å². The molecule has 2 heterocycles. The maximum Gasteiger partial charge on any atom is 0.146 e. The minimum absolute atomic E-state index is 0.384. The predicted octanol–water partition coefficient (Wildman–Crippen LogP) is 1.55. The highest BCUT2D eigenvalue weighted by Gasteiger charge is 2.03. The summed E-state index contributed by atoms with van der Waals surface area (Å²) in [6, 6.07) is 3.68. The minimum Gasteiger partial charge on any atom is -0.370 e. The van der Waals surface area contributed by atoms with Gasteiger partial charge in [-0.1, -0.05) is 12.1 Å². The number of hydrogen-bond donors (Lipinski definition) is 1. The van der Waals surface area contributed by atoms with E-state index >= 15 is 0 Å². The van der Waals surface area contributed by atoms with Crippen molar-refractivity contribution in [3.63, 3.8) is 0 Å². The van der Waals surface area contributed by atoms with Crippen LogP contribution >= 0.6 is 0 Å². The molecule has 18 heavy (non-hydrogen) atoms. The summed E-state index contributed by atoms with van der Waals surface area (Å²) in [7, 11) is 0. The van der Waals surface area contributed by atoms with Crippen LogP contribution in [0.2, 0.25) is 0 Å². The molecule has 0 aliphatic heterocycles. The third-order valence-corrected chi connectivity index (χ3v) is 2.41. The van der Waals surface area contributed by atoms with E-state index < -0.39 is 0 Å². The molecule has 2 aromatic heterocycles. The molecule has 92 valence electrons. The van der Waals surface area contributed by atoms with Crippen LogP contribution in [0.15, 0.2) is 23.0 Å².